The number of nitrogens with one attached hydrogen (secondary N) is 2. The van der Waals surface area contributed by atoms with Crippen molar-refractivity contribution in [2.75, 3.05) is 5.32 Å². The molecule has 5 aromatic rings. The fourth-order valence-electron chi connectivity index (χ4n) is 3.89. The van der Waals surface area contributed by atoms with Crippen LogP contribution in [0.4, 0.5) is 5.95 Å². The molecule has 4 heterocycles. The van der Waals surface area contributed by atoms with Crippen molar-refractivity contribution in [2.45, 2.75) is 20.4 Å². The van der Waals surface area contributed by atoms with Gasteiger partial charge < -0.3 is 9.88 Å². The van der Waals surface area contributed by atoms with Gasteiger partial charge in [-0.25, -0.2) is 4.52 Å². The predicted octanol–water partition coefficient (Wildman–Crippen LogP) is 3.81. The van der Waals surface area contributed by atoms with Crippen LogP contribution >= 0.6 is 0 Å². The molecule has 35 heavy (non-hydrogen) atoms. The summed E-state index contributed by atoms with van der Waals surface area (Å²) in [6.07, 6.45) is 5.35. The van der Waals surface area contributed by atoms with Crippen molar-refractivity contribution in [3.05, 3.63) is 78.4 Å². The third-order valence-electron chi connectivity index (χ3n) is 5.82. The van der Waals surface area contributed by atoms with Gasteiger partial charge in [0.05, 0.1) is 17.8 Å². The molecule has 5 rings (SSSR count). The zero-order chi connectivity index (χ0) is 24.5. The molecule has 0 bridgehead atoms. The minimum atomic E-state index is -0.162. The molecule has 0 fully saturated rings. The molecule has 176 valence electrons. The van der Waals surface area contributed by atoms with Gasteiger partial charge in [0, 0.05) is 42.5 Å². The summed E-state index contributed by atoms with van der Waals surface area (Å²) >= 11 is 0. The minimum Gasteiger partial charge on any atom is -0.350 e. The summed E-state index contributed by atoms with van der Waals surface area (Å²) in [5.41, 5.74) is 4.84. The van der Waals surface area contributed by atoms with Crippen LogP contribution in [0.25, 0.3) is 27.7 Å². The second-order valence-electron chi connectivity index (χ2n) is 8.69. The van der Waals surface area contributed by atoms with Crippen LogP contribution in [-0.2, 0) is 18.4 Å². The highest BCUT2D eigenvalue weighted by Gasteiger charge is 2.16. The average molecular weight is 468 g/mol. The van der Waals surface area contributed by atoms with Gasteiger partial charge in [-0.15, -0.1) is 5.10 Å². The van der Waals surface area contributed by atoms with Gasteiger partial charge in [0.15, 0.2) is 5.65 Å². The summed E-state index contributed by atoms with van der Waals surface area (Å²) in [5, 5.41) is 10.9. The number of aryl methyl sites for hydroxylation is 1. The number of carbonyl (C=O) groups excluding carboxylic acids is 2. The highest BCUT2D eigenvalue weighted by Crippen LogP contribution is 2.28. The molecule has 0 aliphatic carbocycles. The fraction of sp³-hybridized carbons (Fsp3) is 0.192. The molecule has 9 heteroatoms. The number of pyridine rings is 2. The van der Waals surface area contributed by atoms with E-state index in [1.807, 2.05) is 80.2 Å². The highest BCUT2D eigenvalue weighted by atomic mass is 16.2. The number of benzene rings is 1. The molecule has 2 N–H and O–H groups in total. The van der Waals surface area contributed by atoms with Crippen molar-refractivity contribution < 1.29 is 9.59 Å². The maximum absolute atomic E-state index is 13.0. The van der Waals surface area contributed by atoms with E-state index in [2.05, 4.69) is 25.7 Å². The lowest BCUT2D eigenvalue weighted by Crippen LogP contribution is -2.23. The maximum atomic E-state index is 13.0. The van der Waals surface area contributed by atoms with Crippen LogP contribution in [0.15, 0.2) is 67.1 Å². The number of anilines is 1. The van der Waals surface area contributed by atoms with Crippen LogP contribution in [0.1, 0.15) is 29.9 Å². The molecular weight excluding hydrogens is 442 g/mol. The lowest BCUT2D eigenvalue weighted by atomic mass is 10.0. The van der Waals surface area contributed by atoms with Crippen molar-refractivity contribution in [2.24, 2.45) is 13.0 Å². The molecule has 0 aliphatic rings. The first-order valence-corrected chi connectivity index (χ1v) is 11.3. The van der Waals surface area contributed by atoms with Gasteiger partial charge in [0.1, 0.15) is 0 Å². The summed E-state index contributed by atoms with van der Waals surface area (Å²) in [4.78, 5) is 33.7. The molecule has 0 saturated heterocycles. The quantitative estimate of drug-likeness (QED) is 0.395. The highest BCUT2D eigenvalue weighted by molar-refractivity contribution is 6.08. The van der Waals surface area contributed by atoms with Crippen LogP contribution in [0, 0.1) is 5.92 Å². The van der Waals surface area contributed by atoms with Gasteiger partial charge in [-0.3, -0.25) is 19.9 Å². The van der Waals surface area contributed by atoms with Crippen molar-refractivity contribution in [1.29, 1.82) is 0 Å². The van der Waals surface area contributed by atoms with Crippen molar-refractivity contribution in [3.8, 4) is 11.1 Å². The molecule has 0 aliphatic heterocycles. The number of amides is 2. The van der Waals surface area contributed by atoms with E-state index in [4.69, 9.17) is 0 Å². The van der Waals surface area contributed by atoms with Gasteiger partial charge in [-0.2, -0.15) is 4.98 Å². The van der Waals surface area contributed by atoms with Gasteiger partial charge in [-0.1, -0.05) is 26.0 Å². The van der Waals surface area contributed by atoms with E-state index in [0.29, 0.717) is 17.8 Å². The summed E-state index contributed by atoms with van der Waals surface area (Å²) in [6.45, 7) is 3.99. The Morgan fingerprint density at radius 3 is 2.66 bits per heavy atom. The van der Waals surface area contributed by atoms with Crippen molar-refractivity contribution in [3.63, 3.8) is 0 Å². The monoisotopic (exact) mass is 467 g/mol. The van der Waals surface area contributed by atoms with Gasteiger partial charge in [-0.05, 0) is 47.5 Å². The normalized spacial score (nSPS) is 11.3. The Kier molecular flexibility index (Phi) is 5.74. The Balaban J connectivity index is 1.44. The predicted molar refractivity (Wildman–Crippen MR) is 134 cm³/mol. The van der Waals surface area contributed by atoms with E-state index < -0.39 is 0 Å². The lowest BCUT2D eigenvalue weighted by Gasteiger charge is -2.06. The third kappa shape index (κ3) is 4.48. The molecule has 4 aromatic heterocycles. The Morgan fingerprint density at radius 1 is 1.06 bits per heavy atom. The number of rotatable bonds is 6. The number of fused-ring (bicyclic) bond motifs is 2. The average Bonchev–Trinajstić information content (AvgIpc) is 3.42. The number of aromatic nitrogens is 5. The number of nitrogens with zero attached hydrogens (tertiary/aromatic N) is 5. The van der Waals surface area contributed by atoms with Crippen molar-refractivity contribution >= 4 is 34.3 Å². The smallest absolute Gasteiger partial charge is 0.253 e. The Labute approximate surface area is 201 Å². The second-order valence-corrected chi connectivity index (χ2v) is 8.69. The van der Waals surface area contributed by atoms with Crippen LogP contribution in [0.2, 0.25) is 0 Å². The summed E-state index contributed by atoms with van der Waals surface area (Å²) < 4.78 is 3.57. The molecule has 0 atom stereocenters. The van der Waals surface area contributed by atoms with Crippen molar-refractivity contribution in [1.82, 2.24) is 29.5 Å². The molecule has 0 radical (unpaired) electrons. The first kappa shape index (κ1) is 22.3. The van der Waals surface area contributed by atoms with E-state index in [9.17, 15) is 9.59 Å². The number of carbonyl (C=O) groups is 2. The van der Waals surface area contributed by atoms with E-state index in [1.54, 1.807) is 16.9 Å². The van der Waals surface area contributed by atoms with Gasteiger partial charge in [0.2, 0.25) is 11.9 Å². The Hall–Kier alpha value is -4.53. The SMILES string of the molecule is CC(C)C(=O)Nc1nc2cc(-c3ccc4c(c3)c(C(=O)NCc3ccccn3)cn4C)ccn2n1. The van der Waals surface area contributed by atoms with Crippen LogP contribution in [-0.4, -0.2) is 36.0 Å². The summed E-state index contributed by atoms with van der Waals surface area (Å²) in [5.74, 6) is -0.183. The topological polar surface area (TPSA) is 106 Å². The molecule has 1 aromatic carbocycles. The first-order chi connectivity index (χ1) is 16.9. The van der Waals surface area contributed by atoms with Crippen LogP contribution in [0.5, 0.6) is 0 Å². The largest absolute Gasteiger partial charge is 0.350 e. The lowest BCUT2D eigenvalue weighted by molar-refractivity contribution is -0.118. The zero-order valence-electron chi connectivity index (χ0n) is 19.7. The Morgan fingerprint density at radius 2 is 1.89 bits per heavy atom. The molecule has 0 unspecified atom stereocenters. The standard InChI is InChI=1S/C26H25N7O2/c1-16(2)24(34)30-26-29-23-13-18(9-11-33(23)31-26)17-7-8-22-20(12-17)21(15-32(22)3)25(35)28-14-19-6-4-5-10-27-19/h4-13,15-16H,14H2,1-3H3,(H,28,35)(H,30,31,34). The molecule has 9 nitrogen and oxygen atoms in total. The Bertz CT molecular complexity index is 1550. The zero-order valence-corrected chi connectivity index (χ0v) is 19.7. The molecular formula is C26H25N7O2. The maximum Gasteiger partial charge on any atom is 0.253 e. The number of hydrogen-bond acceptors (Lipinski definition) is 5. The van der Waals surface area contributed by atoms with Crippen LogP contribution < -0.4 is 10.6 Å². The minimum absolute atomic E-state index is 0.135. The summed E-state index contributed by atoms with van der Waals surface area (Å²) in [7, 11) is 1.92. The molecule has 0 saturated carbocycles. The van der Waals surface area contributed by atoms with Crippen LogP contribution in [0.3, 0.4) is 0 Å². The second kappa shape index (κ2) is 9.02. The van der Waals surface area contributed by atoms with E-state index in [1.165, 1.54) is 0 Å². The van der Waals surface area contributed by atoms with E-state index >= 15 is 0 Å². The van der Waals surface area contributed by atoms with Gasteiger partial charge in [0.25, 0.3) is 5.91 Å². The van der Waals surface area contributed by atoms with Gasteiger partial charge >= 0.3 is 0 Å². The first-order valence-electron chi connectivity index (χ1n) is 11.3. The van der Waals surface area contributed by atoms with E-state index in [-0.39, 0.29) is 23.7 Å². The molecule has 2 amide bonds. The molecule has 0 spiro atoms. The third-order valence-corrected chi connectivity index (χ3v) is 5.82. The fourth-order valence-corrected chi connectivity index (χ4v) is 3.89. The number of hydrogen-bond donors (Lipinski definition) is 2. The van der Waals surface area contributed by atoms with E-state index in [0.717, 1.165) is 27.7 Å². The summed E-state index contributed by atoms with van der Waals surface area (Å²) in [6, 6.07) is 15.5.